The lowest BCUT2D eigenvalue weighted by atomic mass is 9.74. The van der Waals surface area contributed by atoms with Crippen LogP contribution < -0.4 is 11.3 Å². The second-order valence-corrected chi connectivity index (χ2v) is 5.86. The van der Waals surface area contributed by atoms with Crippen LogP contribution in [0.1, 0.15) is 38.2 Å². The number of hydrogen-bond donors (Lipinski definition) is 2. The first-order valence-corrected chi connectivity index (χ1v) is 7.25. The Labute approximate surface area is 116 Å². The van der Waals surface area contributed by atoms with E-state index in [1.54, 1.807) is 0 Å². The maximum Gasteiger partial charge on any atom is 0.0847 e. The minimum atomic E-state index is -0.114. The van der Waals surface area contributed by atoms with Crippen LogP contribution in [0.5, 0.6) is 0 Å². The molecule has 1 aromatic rings. The summed E-state index contributed by atoms with van der Waals surface area (Å²) in [5.41, 5.74) is 4.19. The monoisotopic (exact) mass is 262 g/mol. The molecule has 0 aliphatic heterocycles. The SMILES string of the molecule is COC1(C(Cc2ccccc2)NN)CCC(C)CC1. The van der Waals surface area contributed by atoms with Crippen LogP contribution in [0.2, 0.25) is 0 Å². The van der Waals surface area contributed by atoms with Gasteiger partial charge in [0.1, 0.15) is 0 Å². The molecular formula is C16H26N2O. The predicted octanol–water partition coefficient (Wildman–Crippen LogP) is 2.66. The molecule has 106 valence electrons. The van der Waals surface area contributed by atoms with Gasteiger partial charge >= 0.3 is 0 Å². The van der Waals surface area contributed by atoms with Crippen molar-refractivity contribution in [2.75, 3.05) is 7.11 Å². The van der Waals surface area contributed by atoms with E-state index in [1.807, 2.05) is 13.2 Å². The zero-order chi connectivity index (χ0) is 13.7. The smallest absolute Gasteiger partial charge is 0.0847 e. The highest BCUT2D eigenvalue weighted by molar-refractivity contribution is 5.17. The second-order valence-electron chi connectivity index (χ2n) is 5.86. The van der Waals surface area contributed by atoms with Crippen molar-refractivity contribution in [3.63, 3.8) is 0 Å². The molecule has 3 N–H and O–H groups in total. The summed E-state index contributed by atoms with van der Waals surface area (Å²) >= 11 is 0. The summed E-state index contributed by atoms with van der Waals surface area (Å²) in [6.07, 6.45) is 5.54. The van der Waals surface area contributed by atoms with Crippen molar-refractivity contribution in [1.82, 2.24) is 5.43 Å². The Morgan fingerprint density at radius 3 is 2.47 bits per heavy atom. The van der Waals surface area contributed by atoms with E-state index in [2.05, 4.69) is 36.6 Å². The average molecular weight is 262 g/mol. The van der Waals surface area contributed by atoms with Gasteiger partial charge in [-0.05, 0) is 43.6 Å². The van der Waals surface area contributed by atoms with Gasteiger partial charge in [0.25, 0.3) is 0 Å². The molecule has 0 spiro atoms. The zero-order valence-electron chi connectivity index (χ0n) is 12.1. The van der Waals surface area contributed by atoms with Crippen LogP contribution in [0, 0.1) is 5.92 Å². The second kappa shape index (κ2) is 6.51. The van der Waals surface area contributed by atoms with Gasteiger partial charge in [0.05, 0.1) is 11.6 Å². The molecule has 3 heteroatoms. The standard InChI is InChI=1S/C16H26N2O/c1-13-8-10-16(19-2,11-9-13)15(18-17)12-14-6-4-3-5-7-14/h3-7,13,15,18H,8-12,17H2,1-2H3. The van der Waals surface area contributed by atoms with Gasteiger partial charge in [-0.3, -0.25) is 11.3 Å². The van der Waals surface area contributed by atoms with Crippen molar-refractivity contribution in [3.05, 3.63) is 35.9 Å². The summed E-state index contributed by atoms with van der Waals surface area (Å²) in [6, 6.07) is 10.7. The summed E-state index contributed by atoms with van der Waals surface area (Å²) in [7, 11) is 1.82. The molecule has 3 nitrogen and oxygen atoms in total. The van der Waals surface area contributed by atoms with Gasteiger partial charge in [-0.15, -0.1) is 0 Å². The first-order valence-electron chi connectivity index (χ1n) is 7.25. The largest absolute Gasteiger partial charge is 0.377 e. The highest BCUT2D eigenvalue weighted by atomic mass is 16.5. The van der Waals surface area contributed by atoms with Gasteiger partial charge in [-0.2, -0.15) is 0 Å². The minimum Gasteiger partial charge on any atom is -0.377 e. The summed E-state index contributed by atoms with van der Waals surface area (Å²) in [6.45, 7) is 2.32. The van der Waals surface area contributed by atoms with E-state index in [0.717, 1.165) is 25.2 Å². The van der Waals surface area contributed by atoms with Gasteiger partial charge in [0.15, 0.2) is 0 Å². The van der Waals surface area contributed by atoms with E-state index < -0.39 is 0 Å². The third-order valence-corrected chi connectivity index (χ3v) is 4.65. The summed E-state index contributed by atoms with van der Waals surface area (Å²) in [5, 5.41) is 0. The summed E-state index contributed by atoms with van der Waals surface area (Å²) in [5.74, 6) is 6.62. The molecule has 1 aromatic carbocycles. The molecule has 1 fully saturated rings. The minimum absolute atomic E-state index is 0.114. The number of hydrogen-bond acceptors (Lipinski definition) is 3. The quantitative estimate of drug-likeness (QED) is 0.633. The van der Waals surface area contributed by atoms with Crippen molar-refractivity contribution in [3.8, 4) is 0 Å². The third-order valence-electron chi connectivity index (χ3n) is 4.65. The normalized spacial score (nSPS) is 29.1. The molecule has 19 heavy (non-hydrogen) atoms. The highest BCUT2D eigenvalue weighted by Crippen LogP contribution is 2.37. The van der Waals surface area contributed by atoms with E-state index in [1.165, 1.54) is 18.4 Å². The van der Waals surface area contributed by atoms with E-state index >= 15 is 0 Å². The van der Waals surface area contributed by atoms with Crippen LogP contribution in [0.15, 0.2) is 30.3 Å². The Hall–Kier alpha value is -0.900. The molecule has 1 aliphatic rings. The molecule has 0 amide bonds. The van der Waals surface area contributed by atoms with E-state index in [9.17, 15) is 0 Å². The molecule has 0 saturated heterocycles. The fraction of sp³-hybridized carbons (Fsp3) is 0.625. The molecule has 0 heterocycles. The lowest BCUT2D eigenvalue weighted by Gasteiger charge is -2.43. The molecular weight excluding hydrogens is 236 g/mol. The van der Waals surface area contributed by atoms with Crippen molar-refractivity contribution >= 4 is 0 Å². The van der Waals surface area contributed by atoms with E-state index in [0.29, 0.717) is 0 Å². The van der Waals surface area contributed by atoms with Crippen molar-refractivity contribution < 1.29 is 4.74 Å². The number of rotatable bonds is 5. The Kier molecular flexibility index (Phi) is 4.97. The number of methoxy groups -OCH3 is 1. The molecule has 2 rings (SSSR count). The van der Waals surface area contributed by atoms with Crippen molar-refractivity contribution in [1.29, 1.82) is 0 Å². The summed E-state index contributed by atoms with van der Waals surface area (Å²) in [4.78, 5) is 0. The fourth-order valence-electron chi connectivity index (χ4n) is 3.19. The van der Waals surface area contributed by atoms with Gasteiger partial charge in [-0.25, -0.2) is 0 Å². The van der Waals surface area contributed by atoms with Crippen molar-refractivity contribution in [2.24, 2.45) is 11.8 Å². The molecule has 1 atom stereocenters. The van der Waals surface area contributed by atoms with E-state index in [4.69, 9.17) is 10.6 Å². The number of nitrogens with one attached hydrogen (secondary N) is 1. The Balaban J connectivity index is 2.10. The Morgan fingerprint density at radius 1 is 1.32 bits per heavy atom. The Morgan fingerprint density at radius 2 is 1.95 bits per heavy atom. The van der Waals surface area contributed by atoms with Crippen LogP contribution >= 0.6 is 0 Å². The van der Waals surface area contributed by atoms with Gasteiger partial charge in [0.2, 0.25) is 0 Å². The lowest BCUT2D eigenvalue weighted by molar-refractivity contribution is -0.0746. The Bertz CT molecular complexity index is 372. The number of benzene rings is 1. The topological polar surface area (TPSA) is 47.3 Å². The first-order chi connectivity index (χ1) is 9.20. The molecule has 1 unspecified atom stereocenters. The summed E-state index contributed by atoms with van der Waals surface area (Å²) < 4.78 is 5.91. The maximum atomic E-state index is 5.91. The lowest BCUT2D eigenvalue weighted by Crippen LogP contribution is -2.57. The van der Waals surface area contributed by atoms with Crippen LogP contribution in [0.3, 0.4) is 0 Å². The van der Waals surface area contributed by atoms with Crippen LogP contribution in [0.25, 0.3) is 0 Å². The van der Waals surface area contributed by atoms with Crippen molar-refractivity contribution in [2.45, 2.75) is 50.7 Å². The average Bonchev–Trinajstić information content (AvgIpc) is 2.47. The van der Waals surface area contributed by atoms with Gasteiger partial charge < -0.3 is 4.74 Å². The van der Waals surface area contributed by atoms with Crippen LogP contribution in [-0.4, -0.2) is 18.8 Å². The van der Waals surface area contributed by atoms with Gasteiger partial charge in [0, 0.05) is 7.11 Å². The molecule has 0 bridgehead atoms. The highest BCUT2D eigenvalue weighted by Gasteiger charge is 2.41. The molecule has 0 radical (unpaired) electrons. The zero-order valence-corrected chi connectivity index (χ0v) is 12.1. The molecule has 0 aromatic heterocycles. The van der Waals surface area contributed by atoms with Crippen LogP contribution in [-0.2, 0) is 11.2 Å². The molecule has 1 saturated carbocycles. The molecule has 1 aliphatic carbocycles. The van der Waals surface area contributed by atoms with E-state index in [-0.39, 0.29) is 11.6 Å². The fourth-order valence-corrected chi connectivity index (χ4v) is 3.19. The number of hydrazine groups is 1. The predicted molar refractivity (Wildman–Crippen MR) is 78.6 cm³/mol. The maximum absolute atomic E-state index is 5.91. The number of nitrogens with two attached hydrogens (primary N) is 1. The number of ether oxygens (including phenoxy) is 1. The first kappa shape index (κ1) is 14.5. The van der Waals surface area contributed by atoms with Crippen LogP contribution in [0.4, 0.5) is 0 Å². The van der Waals surface area contributed by atoms with Gasteiger partial charge in [-0.1, -0.05) is 37.3 Å². The third kappa shape index (κ3) is 3.35.